The molecule has 102 valence electrons. The number of aliphatic hydroxyl groups is 1. The van der Waals surface area contributed by atoms with Gasteiger partial charge in [0.1, 0.15) is 0 Å². The van der Waals surface area contributed by atoms with Crippen LogP contribution in [0.3, 0.4) is 0 Å². The van der Waals surface area contributed by atoms with Crippen LogP contribution in [0.25, 0.3) is 0 Å². The number of nitrogens with zero attached hydrogens (tertiary/aromatic N) is 1. The second-order valence-electron chi connectivity index (χ2n) is 4.80. The number of hydrogen-bond donors (Lipinski definition) is 1. The van der Waals surface area contributed by atoms with Gasteiger partial charge in [-0.2, -0.15) is 0 Å². The summed E-state index contributed by atoms with van der Waals surface area (Å²) in [6.07, 6.45) is 0.391. The van der Waals surface area contributed by atoms with Gasteiger partial charge in [-0.15, -0.1) is 0 Å². The SMILES string of the molecule is CC[C@@H](O)c1ccc(N(CCOC)C(C)C)cc1. The Morgan fingerprint density at radius 2 is 1.83 bits per heavy atom. The van der Waals surface area contributed by atoms with Crippen molar-refractivity contribution >= 4 is 5.69 Å². The Balaban J connectivity index is 2.80. The summed E-state index contributed by atoms with van der Waals surface area (Å²) in [6.45, 7) is 7.92. The third kappa shape index (κ3) is 4.00. The van der Waals surface area contributed by atoms with Gasteiger partial charge in [-0.1, -0.05) is 19.1 Å². The summed E-state index contributed by atoms with van der Waals surface area (Å²) in [6, 6.07) is 8.59. The zero-order valence-corrected chi connectivity index (χ0v) is 11.9. The zero-order valence-electron chi connectivity index (χ0n) is 11.9. The molecule has 0 aliphatic carbocycles. The number of ether oxygens (including phenoxy) is 1. The number of hydrogen-bond acceptors (Lipinski definition) is 3. The highest BCUT2D eigenvalue weighted by atomic mass is 16.5. The molecule has 0 bridgehead atoms. The first kappa shape index (κ1) is 15.0. The van der Waals surface area contributed by atoms with Crippen molar-refractivity contribution in [1.29, 1.82) is 0 Å². The number of methoxy groups -OCH3 is 1. The molecule has 1 atom stereocenters. The first-order valence-corrected chi connectivity index (χ1v) is 6.63. The summed E-state index contributed by atoms with van der Waals surface area (Å²) < 4.78 is 5.14. The van der Waals surface area contributed by atoms with Gasteiger partial charge in [0.15, 0.2) is 0 Å². The van der Waals surface area contributed by atoms with E-state index in [1.807, 2.05) is 19.1 Å². The van der Waals surface area contributed by atoms with Crippen molar-refractivity contribution < 1.29 is 9.84 Å². The van der Waals surface area contributed by atoms with Crippen LogP contribution in [0.2, 0.25) is 0 Å². The Hall–Kier alpha value is -1.06. The molecule has 0 saturated heterocycles. The smallest absolute Gasteiger partial charge is 0.0787 e. The lowest BCUT2D eigenvalue weighted by molar-refractivity contribution is 0.173. The minimum Gasteiger partial charge on any atom is -0.388 e. The van der Waals surface area contributed by atoms with E-state index in [0.29, 0.717) is 6.04 Å². The van der Waals surface area contributed by atoms with Crippen LogP contribution in [-0.2, 0) is 4.74 Å². The van der Waals surface area contributed by atoms with E-state index in [0.717, 1.165) is 25.1 Å². The van der Waals surface area contributed by atoms with E-state index in [-0.39, 0.29) is 6.10 Å². The van der Waals surface area contributed by atoms with Crippen molar-refractivity contribution in [2.24, 2.45) is 0 Å². The molecule has 1 N–H and O–H groups in total. The predicted molar refractivity (Wildman–Crippen MR) is 76.1 cm³/mol. The minimum atomic E-state index is -0.356. The summed E-state index contributed by atoms with van der Waals surface area (Å²) in [5, 5.41) is 9.78. The van der Waals surface area contributed by atoms with E-state index in [2.05, 4.69) is 30.9 Å². The Labute approximate surface area is 110 Å². The minimum absolute atomic E-state index is 0.356. The fraction of sp³-hybridized carbons (Fsp3) is 0.600. The molecule has 0 heterocycles. The topological polar surface area (TPSA) is 32.7 Å². The van der Waals surface area contributed by atoms with Gasteiger partial charge in [-0.25, -0.2) is 0 Å². The van der Waals surface area contributed by atoms with Crippen molar-refractivity contribution in [1.82, 2.24) is 0 Å². The highest BCUT2D eigenvalue weighted by Gasteiger charge is 2.11. The summed E-state index contributed by atoms with van der Waals surface area (Å²) >= 11 is 0. The molecule has 1 aromatic carbocycles. The van der Waals surface area contributed by atoms with Gasteiger partial charge in [0, 0.05) is 25.4 Å². The molecular formula is C15H25NO2. The highest BCUT2D eigenvalue weighted by molar-refractivity contribution is 5.48. The lowest BCUT2D eigenvalue weighted by atomic mass is 10.1. The molecule has 3 nitrogen and oxygen atoms in total. The van der Waals surface area contributed by atoms with Crippen LogP contribution in [0.1, 0.15) is 38.9 Å². The largest absolute Gasteiger partial charge is 0.388 e. The monoisotopic (exact) mass is 251 g/mol. The predicted octanol–water partition coefficient (Wildman–Crippen LogP) is 2.99. The third-order valence-corrected chi connectivity index (χ3v) is 3.16. The molecule has 1 rings (SSSR count). The molecule has 0 amide bonds. The summed E-state index contributed by atoms with van der Waals surface area (Å²) in [5.41, 5.74) is 2.16. The second-order valence-corrected chi connectivity index (χ2v) is 4.80. The van der Waals surface area contributed by atoms with E-state index < -0.39 is 0 Å². The number of anilines is 1. The second kappa shape index (κ2) is 7.39. The van der Waals surface area contributed by atoms with Gasteiger partial charge in [-0.05, 0) is 38.0 Å². The fourth-order valence-corrected chi connectivity index (χ4v) is 2.00. The molecule has 18 heavy (non-hydrogen) atoms. The lowest BCUT2D eigenvalue weighted by Gasteiger charge is -2.29. The summed E-state index contributed by atoms with van der Waals surface area (Å²) in [4.78, 5) is 2.30. The average Bonchev–Trinajstić information content (AvgIpc) is 2.38. The molecule has 0 saturated carbocycles. The maximum absolute atomic E-state index is 9.78. The Morgan fingerprint density at radius 1 is 1.22 bits per heavy atom. The van der Waals surface area contributed by atoms with E-state index in [4.69, 9.17) is 4.74 Å². The van der Waals surface area contributed by atoms with E-state index in [1.165, 1.54) is 5.69 Å². The van der Waals surface area contributed by atoms with Crippen LogP contribution >= 0.6 is 0 Å². The molecule has 3 heteroatoms. The molecule has 0 aromatic heterocycles. The van der Waals surface area contributed by atoms with Gasteiger partial charge in [0.2, 0.25) is 0 Å². The van der Waals surface area contributed by atoms with Crippen LogP contribution < -0.4 is 4.90 Å². The standard InChI is InChI=1S/C15H25NO2/c1-5-15(17)13-6-8-14(9-7-13)16(12(2)3)10-11-18-4/h6-9,12,15,17H,5,10-11H2,1-4H3/t15-/m1/s1. The van der Waals surface area contributed by atoms with Crippen molar-refractivity contribution in [2.75, 3.05) is 25.2 Å². The van der Waals surface area contributed by atoms with Gasteiger partial charge < -0.3 is 14.7 Å². The van der Waals surface area contributed by atoms with Gasteiger partial charge in [0.25, 0.3) is 0 Å². The number of rotatable bonds is 7. The number of benzene rings is 1. The fourth-order valence-electron chi connectivity index (χ4n) is 2.00. The van der Waals surface area contributed by atoms with Crippen molar-refractivity contribution in [3.05, 3.63) is 29.8 Å². The zero-order chi connectivity index (χ0) is 13.5. The van der Waals surface area contributed by atoms with Gasteiger partial charge >= 0.3 is 0 Å². The highest BCUT2D eigenvalue weighted by Crippen LogP contribution is 2.22. The normalized spacial score (nSPS) is 12.8. The molecule has 0 unspecified atom stereocenters. The molecular weight excluding hydrogens is 226 g/mol. The Morgan fingerprint density at radius 3 is 2.28 bits per heavy atom. The Bertz CT molecular complexity index is 335. The summed E-state index contributed by atoms with van der Waals surface area (Å²) in [7, 11) is 1.72. The molecule has 0 aliphatic heterocycles. The third-order valence-electron chi connectivity index (χ3n) is 3.16. The van der Waals surface area contributed by atoms with Crippen LogP contribution in [0.15, 0.2) is 24.3 Å². The van der Waals surface area contributed by atoms with Crippen LogP contribution in [0.4, 0.5) is 5.69 Å². The quantitative estimate of drug-likeness (QED) is 0.808. The Kier molecular flexibility index (Phi) is 6.16. The molecule has 1 aromatic rings. The van der Waals surface area contributed by atoms with E-state index in [1.54, 1.807) is 7.11 Å². The maximum atomic E-state index is 9.78. The first-order chi connectivity index (χ1) is 8.60. The van der Waals surface area contributed by atoms with Crippen molar-refractivity contribution in [2.45, 2.75) is 39.3 Å². The molecule has 0 spiro atoms. The van der Waals surface area contributed by atoms with Gasteiger partial charge in [0.05, 0.1) is 12.7 Å². The first-order valence-electron chi connectivity index (χ1n) is 6.63. The van der Waals surface area contributed by atoms with Crippen LogP contribution in [-0.4, -0.2) is 31.4 Å². The van der Waals surface area contributed by atoms with Crippen LogP contribution in [0, 0.1) is 0 Å². The van der Waals surface area contributed by atoms with E-state index >= 15 is 0 Å². The van der Waals surface area contributed by atoms with Crippen molar-refractivity contribution in [3.8, 4) is 0 Å². The number of aliphatic hydroxyl groups excluding tert-OH is 1. The molecule has 0 radical (unpaired) electrons. The molecule has 0 fully saturated rings. The molecule has 0 aliphatic rings. The lowest BCUT2D eigenvalue weighted by Crippen LogP contribution is -2.33. The maximum Gasteiger partial charge on any atom is 0.0787 e. The average molecular weight is 251 g/mol. The van der Waals surface area contributed by atoms with Crippen LogP contribution in [0.5, 0.6) is 0 Å². The van der Waals surface area contributed by atoms with Crippen molar-refractivity contribution in [3.63, 3.8) is 0 Å². The van der Waals surface area contributed by atoms with Gasteiger partial charge in [-0.3, -0.25) is 0 Å². The van der Waals surface area contributed by atoms with E-state index in [9.17, 15) is 5.11 Å². The summed E-state index contributed by atoms with van der Waals surface area (Å²) in [5.74, 6) is 0.